The molecular formula is C13H11FN4O2. The molecule has 0 aliphatic heterocycles. The van der Waals surface area contributed by atoms with Crippen LogP contribution in [0.25, 0.3) is 0 Å². The highest BCUT2D eigenvalue weighted by atomic mass is 19.1. The van der Waals surface area contributed by atoms with Gasteiger partial charge in [-0.2, -0.15) is 5.10 Å². The summed E-state index contributed by atoms with van der Waals surface area (Å²) in [5.41, 5.74) is 2.80. The van der Waals surface area contributed by atoms with Gasteiger partial charge >= 0.3 is 0 Å². The van der Waals surface area contributed by atoms with Crippen molar-refractivity contribution in [2.75, 3.05) is 6.61 Å². The van der Waals surface area contributed by atoms with E-state index in [1.165, 1.54) is 36.9 Å². The molecule has 1 amide bonds. The summed E-state index contributed by atoms with van der Waals surface area (Å²) in [6, 6.07) is 5.83. The maximum Gasteiger partial charge on any atom is 0.278 e. The minimum atomic E-state index is -0.455. The van der Waals surface area contributed by atoms with Crippen LogP contribution in [0.4, 0.5) is 4.39 Å². The van der Waals surface area contributed by atoms with Crippen LogP contribution in [0, 0.1) is 5.82 Å². The third-order valence-electron chi connectivity index (χ3n) is 2.14. The van der Waals surface area contributed by atoms with Gasteiger partial charge in [-0.05, 0) is 17.7 Å². The van der Waals surface area contributed by atoms with Crippen LogP contribution >= 0.6 is 0 Å². The Hall–Kier alpha value is -2.83. The molecule has 1 heterocycles. The second kappa shape index (κ2) is 6.93. The van der Waals surface area contributed by atoms with E-state index in [9.17, 15) is 9.18 Å². The fourth-order valence-corrected chi connectivity index (χ4v) is 1.30. The second-order valence-corrected chi connectivity index (χ2v) is 3.68. The summed E-state index contributed by atoms with van der Waals surface area (Å²) >= 11 is 0. The molecule has 0 unspecified atom stereocenters. The van der Waals surface area contributed by atoms with Gasteiger partial charge in [0.1, 0.15) is 5.82 Å². The van der Waals surface area contributed by atoms with Gasteiger partial charge in [-0.15, -0.1) is 0 Å². The van der Waals surface area contributed by atoms with Crippen LogP contribution in [0.5, 0.6) is 5.88 Å². The highest BCUT2D eigenvalue weighted by Gasteiger charge is 2.01. The van der Waals surface area contributed by atoms with Gasteiger partial charge < -0.3 is 4.74 Å². The van der Waals surface area contributed by atoms with Gasteiger partial charge in [-0.3, -0.25) is 9.78 Å². The third kappa shape index (κ3) is 4.45. The highest BCUT2D eigenvalue weighted by molar-refractivity contribution is 5.82. The molecule has 1 aromatic heterocycles. The lowest BCUT2D eigenvalue weighted by atomic mass is 10.2. The maximum absolute atomic E-state index is 12.9. The van der Waals surface area contributed by atoms with Crippen LogP contribution in [0.1, 0.15) is 5.56 Å². The molecule has 2 rings (SSSR count). The molecule has 20 heavy (non-hydrogen) atoms. The molecule has 0 bridgehead atoms. The molecule has 102 valence electrons. The summed E-state index contributed by atoms with van der Waals surface area (Å²) in [7, 11) is 0. The number of rotatable bonds is 5. The van der Waals surface area contributed by atoms with Crippen molar-refractivity contribution in [3.8, 4) is 5.88 Å². The number of carbonyl (C=O) groups is 1. The first kappa shape index (κ1) is 13.6. The summed E-state index contributed by atoms with van der Waals surface area (Å²) < 4.78 is 17.9. The monoisotopic (exact) mass is 274 g/mol. The summed E-state index contributed by atoms with van der Waals surface area (Å²) in [6.07, 6.45) is 5.68. The van der Waals surface area contributed by atoms with Crippen molar-refractivity contribution in [2.45, 2.75) is 0 Å². The van der Waals surface area contributed by atoms with Gasteiger partial charge in [-0.25, -0.2) is 14.8 Å². The van der Waals surface area contributed by atoms with E-state index in [-0.39, 0.29) is 18.3 Å². The Balaban J connectivity index is 1.78. The second-order valence-electron chi connectivity index (χ2n) is 3.68. The molecule has 0 saturated heterocycles. The Morgan fingerprint density at radius 1 is 1.45 bits per heavy atom. The van der Waals surface area contributed by atoms with Crippen LogP contribution in [0.15, 0.2) is 48.0 Å². The third-order valence-corrected chi connectivity index (χ3v) is 2.14. The highest BCUT2D eigenvalue weighted by Crippen LogP contribution is 2.01. The molecule has 0 aliphatic rings. The SMILES string of the molecule is O=C(COc1cnccn1)N/N=C/c1cccc(F)c1. The molecule has 1 aromatic carbocycles. The van der Waals surface area contributed by atoms with E-state index in [1.807, 2.05) is 0 Å². The number of hydrazone groups is 1. The first-order valence-corrected chi connectivity index (χ1v) is 5.70. The number of amides is 1. The fraction of sp³-hybridized carbons (Fsp3) is 0.0769. The lowest BCUT2D eigenvalue weighted by molar-refractivity contribution is -0.123. The Morgan fingerprint density at radius 3 is 3.10 bits per heavy atom. The predicted octanol–water partition coefficient (Wildman–Crippen LogP) is 1.14. The molecule has 1 N–H and O–H groups in total. The lowest BCUT2D eigenvalue weighted by Crippen LogP contribution is -2.24. The number of carbonyl (C=O) groups excluding carboxylic acids is 1. The summed E-state index contributed by atoms with van der Waals surface area (Å²) in [5, 5.41) is 3.69. The van der Waals surface area contributed by atoms with Gasteiger partial charge in [0.15, 0.2) is 6.61 Å². The van der Waals surface area contributed by atoms with Crippen molar-refractivity contribution >= 4 is 12.1 Å². The maximum atomic E-state index is 12.9. The molecule has 0 aliphatic carbocycles. The molecule has 0 atom stereocenters. The van der Waals surface area contributed by atoms with Crippen molar-refractivity contribution < 1.29 is 13.9 Å². The average molecular weight is 274 g/mol. The molecule has 0 saturated carbocycles. The fourth-order valence-electron chi connectivity index (χ4n) is 1.30. The van der Waals surface area contributed by atoms with E-state index >= 15 is 0 Å². The number of aromatic nitrogens is 2. The Labute approximate surface area is 114 Å². The number of benzene rings is 1. The lowest BCUT2D eigenvalue weighted by Gasteiger charge is -2.02. The van der Waals surface area contributed by atoms with Crippen molar-refractivity contribution in [3.63, 3.8) is 0 Å². The standard InChI is InChI=1S/C13H11FN4O2/c14-11-3-1-2-10(6-11)7-17-18-12(19)9-20-13-8-15-4-5-16-13/h1-8H,9H2,(H,18,19)/b17-7+. The predicted molar refractivity (Wildman–Crippen MR) is 69.7 cm³/mol. The van der Waals surface area contributed by atoms with Crippen LogP contribution in [0.2, 0.25) is 0 Å². The minimum Gasteiger partial charge on any atom is -0.466 e. The van der Waals surface area contributed by atoms with Crippen molar-refractivity contribution in [2.24, 2.45) is 5.10 Å². The van der Waals surface area contributed by atoms with Gasteiger partial charge in [-0.1, -0.05) is 12.1 Å². The Bertz CT molecular complexity index is 604. The van der Waals surface area contributed by atoms with Gasteiger partial charge in [0, 0.05) is 12.4 Å². The number of hydrogen-bond donors (Lipinski definition) is 1. The topological polar surface area (TPSA) is 76.5 Å². The zero-order valence-corrected chi connectivity index (χ0v) is 10.4. The van der Waals surface area contributed by atoms with Crippen LogP contribution in [-0.4, -0.2) is 28.7 Å². The first-order valence-electron chi connectivity index (χ1n) is 5.70. The summed E-state index contributed by atoms with van der Waals surface area (Å²) in [5.74, 6) is -0.577. The summed E-state index contributed by atoms with van der Waals surface area (Å²) in [6.45, 7) is -0.237. The van der Waals surface area contributed by atoms with E-state index in [4.69, 9.17) is 4.74 Å². The smallest absolute Gasteiger partial charge is 0.278 e. The zero-order chi connectivity index (χ0) is 14.2. The van der Waals surface area contributed by atoms with Crippen molar-refractivity contribution in [3.05, 3.63) is 54.2 Å². The first-order chi connectivity index (χ1) is 9.74. The molecular weight excluding hydrogens is 263 g/mol. The molecule has 2 aromatic rings. The van der Waals surface area contributed by atoms with E-state index in [0.717, 1.165) is 0 Å². The van der Waals surface area contributed by atoms with Crippen LogP contribution in [-0.2, 0) is 4.79 Å². The molecule has 6 nitrogen and oxygen atoms in total. The van der Waals surface area contributed by atoms with Crippen LogP contribution < -0.4 is 10.2 Å². The van der Waals surface area contributed by atoms with E-state index in [2.05, 4.69) is 20.5 Å². The number of ether oxygens (including phenoxy) is 1. The van der Waals surface area contributed by atoms with Gasteiger partial charge in [0.05, 0.1) is 12.4 Å². The Kier molecular flexibility index (Phi) is 4.71. The summed E-state index contributed by atoms with van der Waals surface area (Å²) in [4.78, 5) is 19.0. The number of nitrogens with one attached hydrogen (secondary N) is 1. The zero-order valence-electron chi connectivity index (χ0n) is 10.4. The van der Waals surface area contributed by atoms with Crippen molar-refractivity contribution in [1.82, 2.24) is 15.4 Å². The van der Waals surface area contributed by atoms with Gasteiger partial charge in [0.2, 0.25) is 5.88 Å². The number of hydrogen-bond acceptors (Lipinski definition) is 5. The van der Waals surface area contributed by atoms with Crippen LogP contribution in [0.3, 0.4) is 0 Å². The normalized spacial score (nSPS) is 10.4. The Morgan fingerprint density at radius 2 is 2.35 bits per heavy atom. The van der Waals surface area contributed by atoms with E-state index in [1.54, 1.807) is 12.1 Å². The molecule has 0 fully saturated rings. The molecule has 0 spiro atoms. The molecule has 7 heteroatoms. The van der Waals surface area contributed by atoms with E-state index < -0.39 is 5.91 Å². The number of nitrogens with zero attached hydrogens (tertiary/aromatic N) is 3. The number of halogens is 1. The van der Waals surface area contributed by atoms with Crippen molar-refractivity contribution in [1.29, 1.82) is 0 Å². The van der Waals surface area contributed by atoms with Gasteiger partial charge in [0.25, 0.3) is 5.91 Å². The largest absolute Gasteiger partial charge is 0.466 e. The minimum absolute atomic E-state index is 0.237. The average Bonchev–Trinajstić information content (AvgIpc) is 2.46. The quantitative estimate of drug-likeness (QED) is 0.655. The molecule has 0 radical (unpaired) electrons. The van der Waals surface area contributed by atoms with E-state index in [0.29, 0.717) is 5.56 Å².